The second-order valence-electron chi connectivity index (χ2n) is 6.06. The molecule has 1 aliphatic rings. The van der Waals surface area contributed by atoms with Crippen LogP contribution in [0, 0.1) is 0 Å². The molecule has 0 amide bonds. The number of pyridine rings is 1. The molecule has 0 aliphatic carbocycles. The first kappa shape index (κ1) is 18.5. The Morgan fingerprint density at radius 2 is 2.00 bits per heavy atom. The minimum Gasteiger partial charge on any atom is -0.478 e. The number of ether oxygens (including phenoxy) is 1. The minimum absolute atomic E-state index is 0.183. The number of aromatic nitrogens is 1. The van der Waals surface area contributed by atoms with E-state index < -0.39 is 16.0 Å². The fourth-order valence-electron chi connectivity index (χ4n) is 2.95. The van der Waals surface area contributed by atoms with Gasteiger partial charge in [-0.3, -0.25) is 4.98 Å². The third kappa shape index (κ3) is 4.09. The standard InChI is InChI=1S/C18H20N2O5S/c21-18(22)16-8-1-2-9-17(16)26(23,24)20-11-5-7-15(12-20)25-13-14-6-3-4-10-19-14/h1-4,6,8-10,15H,5,7,11-13H2,(H,21,22). The smallest absolute Gasteiger partial charge is 0.337 e. The molecule has 1 unspecified atom stereocenters. The number of carboxylic acid groups (broad SMARTS) is 1. The van der Waals surface area contributed by atoms with Crippen molar-refractivity contribution in [2.24, 2.45) is 0 Å². The van der Waals surface area contributed by atoms with Gasteiger partial charge in [-0.25, -0.2) is 13.2 Å². The minimum atomic E-state index is -3.90. The summed E-state index contributed by atoms with van der Waals surface area (Å²) < 4.78 is 33.0. The topological polar surface area (TPSA) is 96.8 Å². The first-order valence-corrected chi connectivity index (χ1v) is 9.76. The molecule has 2 heterocycles. The SMILES string of the molecule is O=C(O)c1ccccc1S(=O)(=O)N1CCCC(OCc2ccccn2)C1. The number of aromatic carboxylic acids is 1. The molecule has 1 saturated heterocycles. The van der Waals surface area contributed by atoms with Crippen LogP contribution in [0.3, 0.4) is 0 Å². The van der Waals surface area contributed by atoms with E-state index in [-0.39, 0.29) is 23.1 Å². The zero-order valence-corrected chi connectivity index (χ0v) is 14.9. The van der Waals surface area contributed by atoms with Crippen molar-refractivity contribution in [2.75, 3.05) is 13.1 Å². The Bertz CT molecular complexity index is 870. The third-order valence-electron chi connectivity index (χ3n) is 4.27. The first-order valence-electron chi connectivity index (χ1n) is 8.32. The summed E-state index contributed by atoms with van der Waals surface area (Å²) in [5.41, 5.74) is 0.563. The average Bonchev–Trinajstić information content (AvgIpc) is 2.67. The predicted molar refractivity (Wildman–Crippen MR) is 94.2 cm³/mol. The van der Waals surface area contributed by atoms with Crippen molar-refractivity contribution in [3.63, 3.8) is 0 Å². The molecule has 1 atom stereocenters. The van der Waals surface area contributed by atoms with Crippen LogP contribution in [-0.2, 0) is 21.4 Å². The van der Waals surface area contributed by atoms with Gasteiger partial charge in [0, 0.05) is 19.3 Å². The molecular formula is C18H20N2O5S. The summed E-state index contributed by atoms with van der Waals surface area (Å²) in [6.07, 6.45) is 2.83. The number of hydrogen-bond donors (Lipinski definition) is 1. The molecule has 26 heavy (non-hydrogen) atoms. The van der Waals surface area contributed by atoms with Crippen molar-refractivity contribution >= 4 is 16.0 Å². The van der Waals surface area contributed by atoms with Gasteiger partial charge >= 0.3 is 5.97 Å². The van der Waals surface area contributed by atoms with Gasteiger partial charge in [-0.2, -0.15) is 4.31 Å². The van der Waals surface area contributed by atoms with E-state index in [0.717, 1.165) is 12.1 Å². The molecule has 8 heteroatoms. The van der Waals surface area contributed by atoms with Crippen LogP contribution in [0.25, 0.3) is 0 Å². The predicted octanol–water partition coefficient (Wildman–Crippen LogP) is 2.15. The summed E-state index contributed by atoms with van der Waals surface area (Å²) in [5, 5.41) is 9.28. The highest BCUT2D eigenvalue weighted by Crippen LogP contribution is 2.25. The maximum absolute atomic E-state index is 12.9. The zero-order chi connectivity index (χ0) is 18.6. The zero-order valence-electron chi connectivity index (χ0n) is 14.1. The van der Waals surface area contributed by atoms with Crippen molar-refractivity contribution in [2.45, 2.75) is 30.4 Å². The lowest BCUT2D eigenvalue weighted by Crippen LogP contribution is -2.43. The second kappa shape index (κ2) is 7.94. The van der Waals surface area contributed by atoms with Crippen LogP contribution < -0.4 is 0 Å². The summed E-state index contributed by atoms with van der Waals surface area (Å²) in [4.78, 5) is 15.4. The van der Waals surface area contributed by atoms with Crippen LogP contribution in [0.1, 0.15) is 28.9 Å². The monoisotopic (exact) mass is 376 g/mol. The quantitative estimate of drug-likeness (QED) is 0.830. The van der Waals surface area contributed by atoms with E-state index in [0.29, 0.717) is 19.6 Å². The van der Waals surface area contributed by atoms with Gasteiger partial charge in [0.1, 0.15) is 0 Å². The molecule has 0 bridgehead atoms. The number of sulfonamides is 1. The molecule has 0 radical (unpaired) electrons. The molecule has 1 N–H and O–H groups in total. The Kier molecular flexibility index (Phi) is 5.65. The Morgan fingerprint density at radius 3 is 2.73 bits per heavy atom. The normalized spacial score (nSPS) is 18.5. The van der Waals surface area contributed by atoms with Gasteiger partial charge in [0.15, 0.2) is 0 Å². The average molecular weight is 376 g/mol. The number of benzene rings is 1. The van der Waals surface area contributed by atoms with E-state index >= 15 is 0 Å². The molecular weight excluding hydrogens is 356 g/mol. The fourth-order valence-corrected chi connectivity index (χ4v) is 4.65. The maximum Gasteiger partial charge on any atom is 0.337 e. The van der Waals surface area contributed by atoms with Gasteiger partial charge in [-0.1, -0.05) is 18.2 Å². The van der Waals surface area contributed by atoms with Crippen LogP contribution >= 0.6 is 0 Å². The Balaban J connectivity index is 1.73. The molecule has 1 fully saturated rings. The molecule has 3 rings (SSSR count). The van der Waals surface area contributed by atoms with Crippen LogP contribution in [0.4, 0.5) is 0 Å². The molecule has 1 aromatic heterocycles. The number of piperidine rings is 1. The number of carboxylic acids is 1. The Labute approximate surface area is 152 Å². The van der Waals surface area contributed by atoms with Gasteiger partial charge in [-0.15, -0.1) is 0 Å². The van der Waals surface area contributed by atoms with Crippen LogP contribution in [0.15, 0.2) is 53.6 Å². The Hall–Kier alpha value is -2.29. The van der Waals surface area contributed by atoms with E-state index in [1.54, 1.807) is 6.20 Å². The second-order valence-corrected chi connectivity index (χ2v) is 7.97. The van der Waals surface area contributed by atoms with Gasteiger partial charge in [-0.05, 0) is 37.1 Å². The van der Waals surface area contributed by atoms with Crippen LogP contribution in [0.2, 0.25) is 0 Å². The molecule has 7 nitrogen and oxygen atoms in total. The molecule has 2 aromatic rings. The molecule has 138 valence electrons. The highest BCUT2D eigenvalue weighted by molar-refractivity contribution is 7.89. The highest BCUT2D eigenvalue weighted by Gasteiger charge is 2.33. The van der Waals surface area contributed by atoms with Crippen LogP contribution in [0.5, 0.6) is 0 Å². The summed E-state index contributed by atoms with van der Waals surface area (Å²) in [5.74, 6) is -1.26. The van der Waals surface area contributed by atoms with Crippen molar-refractivity contribution in [3.05, 3.63) is 59.9 Å². The number of rotatable bonds is 6. The van der Waals surface area contributed by atoms with Gasteiger partial charge < -0.3 is 9.84 Å². The number of nitrogens with zero attached hydrogens (tertiary/aromatic N) is 2. The van der Waals surface area contributed by atoms with Crippen molar-refractivity contribution < 1.29 is 23.1 Å². The van der Waals surface area contributed by atoms with Gasteiger partial charge in [0.2, 0.25) is 10.0 Å². The lowest BCUT2D eigenvalue weighted by molar-refractivity contribution is 0.00665. The van der Waals surface area contributed by atoms with E-state index in [4.69, 9.17) is 4.74 Å². The van der Waals surface area contributed by atoms with E-state index in [9.17, 15) is 18.3 Å². The largest absolute Gasteiger partial charge is 0.478 e. The van der Waals surface area contributed by atoms with Crippen molar-refractivity contribution in [1.29, 1.82) is 0 Å². The lowest BCUT2D eigenvalue weighted by atomic mass is 10.1. The summed E-state index contributed by atoms with van der Waals surface area (Å²) in [6, 6.07) is 11.2. The summed E-state index contributed by atoms with van der Waals surface area (Å²) >= 11 is 0. The van der Waals surface area contributed by atoms with E-state index in [2.05, 4.69) is 4.98 Å². The van der Waals surface area contributed by atoms with Crippen molar-refractivity contribution in [3.8, 4) is 0 Å². The highest BCUT2D eigenvalue weighted by atomic mass is 32.2. The third-order valence-corrected chi connectivity index (χ3v) is 6.19. The molecule has 1 aliphatic heterocycles. The summed E-state index contributed by atoms with van der Waals surface area (Å²) in [6.45, 7) is 0.855. The lowest BCUT2D eigenvalue weighted by Gasteiger charge is -2.32. The van der Waals surface area contributed by atoms with E-state index in [1.165, 1.54) is 28.6 Å². The first-order chi connectivity index (χ1) is 12.5. The molecule has 0 saturated carbocycles. The van der Waals surface area contributed by atoms with Crippen LogP contribution in [-0.4, -0.2) is 48.0 Å². The fraction of sp³-hybridized carbons (Fsp3) is 0.333. The maximum atomic E-state index is 12.9. The molecule has 0 spiro atoms. The number of carbonyl (C=O) groups is 1. The summed E-state index contributed by atoms with van der Waals surface area (Å²) in [7, 11) is -3.90. The van der Waals surface area contributed by atoms with Gasteiger partial charge in [0.25, 0.3) is 0 Å². The Morgan fingerprint density at radius 1 is 1.23 bits per heavy atom. The molecule has 1 aromatic carbocycles. The number of hydrogen-bond acceptors (Lipinski definition) is 5. The van der Waals surface area contributed by atoms with Gasteiger partial charge in [0.05, 0.1) is 28.9 Å². The van der Waals surface area contributed by atoms with E-state index in [1.807, 2.05) is 18.2 Å². The van der Waals surface area contributed by atoms with Crippen molar-refractivity contribution in [1.82, 2.24) is 9.29 Å².